The summed E-state index contributed by atoms with van der Waals surface area (Å²) in [4.78, 5) is 9.33. The van der Waals surface area contributed by atoms with Gasteiger partial charge < -0.3 is 19.6 Å². The number of hydrogen-bond acceptors (Lipinski definition) is 4. The molecule has 9 rings (SSSR count). The highest BCUT2D eigenvalue weighted by molar-refractivity contribution is 5.85. The van der Waals surface area contributed by atoms with Gasteiger partial charge >= 0.3 is 0 Å². The molecule has 0 heterocycles. The summed E-state index contributed by atoms with van der Waals surface area (Å²) >= 11 is 0. The molecule has 9 aromatic rings. The highest BCUT2D eigenvalue weighted by Crippen LogP contribution is 2.43. The highest BCUT2D eigenvalue weighted by Gasteiger charge is 2.20. The molecular weight excluding hydrogens is 777 g/mol. The largest absolute Gasteiger partial charge is 0.311 e. The molecule has 0 amide bonds. The van der Waals surface area contributed by atoms with Crippen molar-refractivity contribution in [2.75, 3.05) is 19.6 Å². The lowest BCUT2D eigenvalue weighted by Gasteiger charge is -2.30. The van der Waals surface area contributed by atoms with Gasteiger partial charge in [0.2, 0.25) is 0 Å². The Labute approximate surface area is 379 Å². The lowest BCUT2D eigenvalue weighted by molar-refractivity contribution is 1.23. The quantitative estimate of drug-likeness (QED) is 0.122. The van der Waals surface area contributed by atoms with E-state index in [2.05, 4.69) is 280 Å². The van der Waals surface area contributed by atoms with Gasteiger partial charge in [-0.1, -0.05) is 106 Å². The van der Waals surface area contributed by atoms with E-state index in [4.69, 9.17) is 0 Å². The summed E-state index contributed by atoms with van der Waals surface area (Å²) in [6, 6.07) is 79.4. The van der Waals surface area contributed by atoms with E-state index in [1.165, 1.54) is 33.4 Å². The summed E-state index contributed by atoms with van der Waals surface area (Å²) in [7, 11) is 0. The van der Waals surface area contributed by atoms with Gasteiger partial charge in [0.05, 0.1) is 0 Å². The van der Waals surface area contributed by atoms with Gasteiger partial charge in [-0.15, -0.1) is 0 Å². The first-order valence-corrected chi connectivity index (χ1v) is 22.1. The zero-order chi connectivity index (χ0) is 44.2. The first kappa shape index (κ1) is 41.5. The number of hydrogen-bond donors (Lipinski definition) is 0. The van der Waals surface area contributed by atoms with Crippen LogP contribution >= 0.6 is 0 Å². The van der Waals surface area contributed by atoms with E-state index < -0.39 is 0 Å². The second-order valence-electron chi connectivity index (χ2n) is 16.9. The Morgan fingerprint density at radius 2 is 0.219 bits per heavy atom. The lowest BCUT2D eigenvalue weighted by atomic mass is 10.1. The van der Waals surface area contributed by atoms with Gasteiger partial charge in [0, 0.05) is 68.2 Å². The van der Waals surface area contributed by atoms with Crippen LogP contribution in [0.15, 0.2) is 218 Å². The van der Waals surface area contributed by atoms with Crippen molar-refractivity contribution in [3.63, 3.8) is 0 Å². The smallest absolute Gasteiger partial charge is 0.0463 e. The van der Waals surface area contributed by atoms with Crippen LogP contribution < -0.4 is 19.6 Å². The Bertz CT molecular complexity index is 2450. The molecule has 314 valence electrons. The Morgan fingerprint density at radius 3 is 0.312 bits per heavy atom. The van der Waals surface area contributed by atoms with Gasteiger partial charge in [-0.05, 0) is 187 Å². The van der Waals surface area contributed by atoms with Crippen LogP contribution in [-0.2, 0) is 0 Å². The van der Waals surface area contributed by atoms with Crippen LogP contribution in [0, 0.1) is 41.5 Å². The molecule has 0 spiro atoms. The van der Waals surface area contributed by atoms with Crippen molar-refractivity contribution in [2.45, 2.75) is 41.5 Å². The number of nitrogens with zero attached hydrogens (tertiary/aromatic N) is 4. The normalized spacial score (nSPS) is 11.0. The van der Waals surface area contributed by atoms with E-state index in [-0.39, 0.29) is 0 Å². The molecule has 0 aliphatic rings. The minimum absolute atomic E-state index is 1.06. The van der Waals surface area contributed by atoms with Crippen LogP contribution in [0.25, 0.3) is 0 Å². The predicted octanol–water partition coefficient (Wildman–Crippen LogP) is 17.4. The zero-order valence-electron chi connectivity index (χ0n) is 37.6. The summed E-state index contributed by atoms with van der Waals surface area (Å²) in [5.41, 5.74) is 20.5. The third-order valence-electron chi connectivity index (χ3n) is 11.9. The third kappa shape index (κ3) is 9.04. The minimum atomic E-state index is 1.06. The monoisotopic (exact) mass is 830 g/mol. The van der Waals surface area contributed by atoms with Crippen LogP contribution in [0.1, 0.15) is 33.4 Å². The average molecular weight is 831 g/mol. The molecule has 0 saturated heterocycles. The standard InChI is InChI=1S/C60H54N4/c1-43-7-19-49(20-8-43)61(50-21-9-44(2)10-22-50)55-31-37-58(38-32-55)64(59-39-33-56(34-40-59)62(51-23-11-45(3)12-24-51)52-25-13-46(4)14-26-52)60-41-35-57(36-42-60)63(53-27-15-47(5)16-28-53)54-29-17-48(6)18-30-54/h7-42H,1-6H3. The summed E-state index contributed by atoms with van der Waals surface area (Å²) < 4.78 is 0. The maximum atomic E-state index is 2.35. The van der Waals surface area contributed by atoms with Crippen LogP contribution in [-0.4, -0.2) is 0 Å². The molecule has 9 aromatic carbocycles. The molecular formula is C60H54N4. The molecule has 0 fully saturated rings. The highest BCUT2D eigenvalue weighted by atomic mass is 15.2. The van der Waals surface area contributed by atoms with Crippen LogP contribution in [0.5, 0.6) is 0 Å². The fourth-order valence-corrected chi connectivity index (χ4v) is 8.20. The Balaban J connectivity index is 1.14. The van der Waals surface area contributed by atoms with Gasteiger partial charge in [-0.2, -0.15) is 0 Å². The van der Waals surface area contributed by atoms with Crippen LogP contribution in [0.2, 0.25) is 0 Å². The summed E-state index contributed by atoms with van der Waals surface area (Å²) in [6.45, 7) is 12.8. The van der Waals surface area contributed by atoms with Crippen molar-refractivity contribution in [1.82, 2.24) is 0 Å². The molecule has 0 aromatic heterocycles. The molecule has 0 unspecified atom stereocenters. The summed E-state index contributed by atoms with van der Waals surface area (Å²) in [5, 5.41) is 0. The number of anilines is 12. The SMILES string of the molecule is Cc1ccc(N(c2ccc(C)cc2)c2ccc(N(c3ccc(N(c4ccc(C)cc4)c4ccc(C)cc4)cc3)c3ccc(N(c4ccc(C)cc4)c4ccc(C)cc4)cc3)cc2)cc1. The molecule has 4 heteroatoms. The van der Waals surface area contributed by atoms with Crippen molar-refractivity contribution in [3.8, 4) is 0 Å². The Morgan fingerprint density at radius 1 is 0.141 bits per heavy atom. The van der Waals surface area contributed by atoms with Crippen molar-refractivity contribution >= 4 is 68.2 Å². The first-order valence-electron chi connectivity index (χ1n) is 22.1. The van der Waals surface area contributed by atoms with E-state index in [1.54, 1.807) is 0 Å². The van der Waals surface area contributed by atoms with E-state index in [0.717, 1.165) is 68.2 Å². The van der Waals surface area contributed by atoms with Gasteiger partial charge in [-0.3, -0.25) is 0 Å². The van der Waals surface area contributed by atoms with E-state index in [9.17, 15) is 0 Å². The number of benzene rings is 9. The predicted molar refractivity (Wildman–Crippen MR) is 274 cm³/mol. The first-order chi connectivity index (χ1) is 31.2. The fourth-order valence-electron chi connectivity index (χ4n) is 8.20. The molecule has 0 radical (unpaired) electrons. The second kappa shape index (κ2) is 18.3. The van der Waals surface area contributed by atoms with Crippen molar-refractivity contribution in [3.05, 3.63) is 252 Å². The van der Waals surface area contributed by atoms with Gasteiger partial charge in [0.15, 0.2) is 0 Å². The van der Waals surface area contributed by atoms with E-state index in [1.807, 2.05) is 0 Å². The molecule has 4 nitrogen and oxygen atoms in total. The molecule has 0 aliphatic carbocycles. The zero-order valence-corrected chi connectivity index (χ0v) is 37.6. The van der Waals surface area contributed by atoms with Gasteiger partial charge in [-0.25, -0.2) is 0 Å². The van der Waals surface area contributed by atoms with Crippen molar-refractivity contribution in [2.24, 2.45) is 0 Å². The molecule has 0 N–H and O–H groups in total. The van der Waals surface area contributed by atoms with Crippen LogP contribution in [0.3, 0.4) is 0 Å². The van der Waals surface area contributed by atoms with Gasteiger partial charge in [0.1, 0.15) is 0 Å². The lowest BCUT2D eigenvalue weighted by Crippen LogP contribution is -2.14. The molecule has 0 aliphatic heterocycles. The van der Waals surface area contributed by atoms with E-state index >= 15 is 0 Å². The van der Waals surface area contributed by atoms with Gasteiger partial charge in [0.25, 0.3) is 0 Å². The molecule has 0 saturated carbocycles. The minimum Gasteiger partial charge on any atom is -0.311 e. The fraction of sp³-hybridized carbons (Fsp3) is 0.100. The third-order valence-corrected chi connectivity index (χ3v) is 11.9. The van der Waals surface area contributed by atoms with Crippen LogP contribution in [0.4, 0.5) is 68.2 Å². The second-order valence-corrected chi connectivity index (χ2v) is 16.9. The Hall–Kier alpha value is -7.82. The van der Waals surface area contributed by atoms with Crippen molar-refractivity contribution in [1.29, 1.82) is 0 Å². The summed E-state index contributed by atoms with van der Waals surface area (Å²) in [5.74, 6) is 0. The maximum absolute atomic E-state index is 2.35. The van der Waals surface area contributed by atoms with E-state index in [0.29, 0.717) is 0 Å². The molecule has 64 heavy (non-hydrogen) atoms. The number of aryl methyl sites for hydroxylation is 6. The Kier molecular flexibility index (Phi) is 11.8. The molecule has 0 atom stereocenters. The number of rotatable bonds is 12. The molecule has 0 bridgehead atoms. The average Bonchev–Trinajstić information content (AvgIpc) is 3.32. The maximum Gasteiger partial charge on any atom is 0.0463 e. The van der Waals surface area contributed by atoms with Crippen molar-refractivity contribution < 1.29 is 0 Å². The summed E-state index contributed by atoms with van der Waals surface area (Å²) in [6.07, 6.45) is 0. The topological polar surface area (TPSA) is 13.0 Å².